The number of hydrogen-bond acceptors (Lipinski definition) is 2. The maximum atomic E-state index is 3.76. The van der Waals surface area contributed by atoms with Crippen LogP contribution < -0.4 is 5.32 Å². The molecule has 1 aromatic rings. The van der Waals surface area contributed by atoms with Crippen molar-refractivity contribution in [2.75, 3.05) is 6.54 Å². The summed E-state index contributed by atoms with van der Waals surface area (Å²) in [5.41, 5.74) is 0.444. The van der Waals surface area contributed by atoms with Crippen LogP contribution in [0.3, 0.4) is 0 Å². The third-order valence-electron chi connectivity index (χ3n) is 4.70. The van der Waals surface area contributed by atoms with Crippen LogP contribution in [0.5, 0.6) is 0 Å². The van der Waals surface area contributed by atoms with Crippen molar-refractivity contribution in [2.45, 2.75) is 52.5 Å². The molecule has 0 aromatic carbocycles. The standard InChI is InChI=1S/C15H25NS/c1-5-9-16-14-11(3)13(15(14,4)6-2)12-8-7-10-17-12/h7-8,10-11,13-14,16H,5-6,9H2,1-4H3. The summed E-state index contributed by atoms with van der Waals surface area (Å²) in [6.45, 7) is 10.6. The van der Waals surface area contributed by atoms with Gasteiger partial charge >= 0.3 is 0 Å². The fourth-order valence-electron chi connectivity index (χ4n) is 3.68. The van der Waals surface area contributed by atoms with Gasteiger partial charge in [0.2, 0.25) is 0 Å². The second kappa shape index (κ2) is 5.11. The summed E-state index contributed by atoms with van der Waals surface area (Å²) in [4.78, 5) is 1.58. The minimum absolute atomic E-state index is 0.444. The maximum absolute atomic E-state index is 3.76. The van der Waals surface area contributed by atoms with Crippen molar-refractivity contribution in [1.82, 2.24) is 5.32 Å². The van der Waals surface area contributed by atoms with Gasteiger partial charge in [0.15, 0.2) is 0 Å². The van der Waals surface area contributed by atoms with Crippen LogP contribution in [-0.2, 0) is 0 Å². The Bertz CT molecular complexity index is 346. The first-order valence-electron chi connectivity index (χ1n) is 6.92. The van der Waals surface area contributed by atoms with Gasteiger partial charge in [-0.05, 0) is 42.2 Å². The van der Waals surface area contributed by atoms with E-state index in [2.05, 4.69) is 50.5 Å². The molecular weight excluding hydrogens is 226 g/mol. The first kappa shape index (κ1) is 13.1. The van der Waals surface area contributed by atoms with E-state index in [-0.39, 0.29) is 0 Å². The number of nitrogens with one attached hydrogen (secondary N) is 1. The lowest BCUT2D eigenvalue weighted by atomic mass is 9.50. The van der Waals surface area contributed by atoms with Crippen LogP contribution in [0.1, 0.15) is 51.3 Å². The van der Waals surface area contributed by atoms with Crippen molar-refractivity contribution in [3.05, 3.63) is 22.4 Å². The Balaban J connectivity index is 2.14. The van der Waals surface area contributed by atoms with Crippen molar-refractivity contribution >= 4 is 11.3 Å². The smallest absolute Gasteiger partial charge is 0.0159 e. The van der Waals surface area contributed by atoms with Crippen LogP contribution in [0.25, 0.3) is 0 Å². The monoisotopic (exact) mass is 251 g/mol. The molecule has 1 nitrogen and oxygen atoms in total. The summed E-state index contributed by atoms with van der Waals surface area (Å²) < 4.78 is 0. The van der Waals surface area contributed by atoms with E-state index in [9.17, 15) is 0 Å². The molecule has 0 aliphatic heterocycles. The SMILES string of the molecule is CCCNC1C(C)C(c2cccs2)C1(C)CC. The Labute approximate surface area is 110 Å². The Kier molecular flexibility index (Phi) is 3.94. The summed E-state index contributed by atoms with van der Waals surface area (Å²) in [5, 5.41) is 5.97. The zero-order valence-corrected chi connectivity index (χ0v) is 12.3. The lowest BCUT2D eigenvalue weighted by molar-refractivity contribution is -0.0176. The molecule has 0 radical (unpaired) electrons. The molecule has 1 aliphatic carbocycles. The minimum Gasteiger partial charge on any atom is -0.313 e. The zero-order valence-electron chi connectivity index (χ0n) is 11.5. The maximum Gasteiger partial charge on any atom is 0.0159 e. The van der Waals surface area contributed by atoms with Crippen LogP contribution in [-0.4, -0.2) is 12.6 Å². The molecule has 2 rings (SSSR count). The van der Waals surface area contributed by atoms with Gasteiger partial charge in [-0.3, -0.25) is 0 Å². The molecule has 17 heavy (non-hydrogen) atoms. The van der Waals surface area contributed by atoms with Gasteiger partial charge in [-0.2, -0.15) is 0 Å². The van der Waals surface area contributed by atoms with Gasteiger partial charge in [0, 0.05) is 16.8 Å². The van der Waals surface area contributed by atoms with Crippen LogP contribution in [0.15, 0.2) is 17.5 Å². The molecule has 0 spiro atoms. The topological polar surface area (TPSA) is 12.0 Å². The highest BCUT2D eigenvalue weighted by atomic mass is 32.1. The molecule has 4 unspecified atom stereocenters. The highest BCUT2D eigenvalue weighted by molar-refractivity contribution is 7.10. The van der Waals surface area contributed by atoms with Crippen LogP contribution >= 0.6 is 11.3 Å². The van der Waals surface area contributed by atoms with E-state index >= 15 is 0 Å². The highest BCUT2D eigenvalue weighted by Gasteiger charge is 2.56. The summed E-state index contributed by atoms with van der Waals surface area (Å²) in [5.74, 6) is 1.52. The molecule has 1 N–H and O–H groups in total. The van der Waals surface area contributed by atoms with Crippen LogP contribution in [0.4, 0.5) is 0 Å². The largest absolute Gasteiger partial charge is 0.313 e. The van der Waals surface area contributed by atoms with E-state index < -0.39 is 0 Å². The molecule has 0 amide bonds. The summed E-state index contributed by atoms with van der Waals surface area (Å²) in [7, 11) is 0. The molecule has 1 heterocycles. The van der Waals surface area contributed by atoms with E-state index in [4.69, 9.17) is 0 Å². The molecule has 96 valence electrons. The number of thiophene rings is 1. The second-order valence-corrected chi connectivity index (χ2v) is 6.62. The van der Waals surface area contributed by atoms with Gasteiger partial charge in [0.05, 0.1) is 0 Å². The third-order valence-corrected chi connectivity index (χ3v) is 5.65. The average Bonchev–Trinajstić information content (AvgIpc) is 2.82. The van der Waals surface area contributed by atoms with Crippen molar-refractivity contribution < 1.29 is 0 Å². The van der Waals surface area contributed by atoms with Gasteiger partial charge in [-0.1, -0.05) is 33.8 Å². The van der Waals surface area contributed by atoms with E-state index in [0.717, 1.165) is 18.4 Å². The summed E-state index contributed by atoms with van der Waals surface area (Å²) in [6.07, 6.45) is 2.49. The fourth-order valence-corrected chi connectivity index (χ4v) is 4.78. The van der Waals surface area contributed by atoms with Crippen molar-refractivity contribution in [3.63, 3.8) is 0 Å². The van der Waals surface area contributed by atoms with Gasteiger partial charge in [-0.15, -0.1) is 11.3 Å². The predicted octanol–water partition coefficient (Wildman–Crippen LogP) is 4.27. The molecule has 1 fully saturated rings. The summed E-state index contributed by atoms with van der Waals surface area (Å²) >= 11 is 1.93. The molecular formula is C15H25NS. The molecule has 1 aliphatic rings. The van der Waals surface area contributed by atoms with Gasteiger partial charge in [0.1, 0.15) is 0 Å². The van der Waals surface area contributed by atoms with E-state index in [1.54, 1.807) is 4.88 Å². The average molecular weight is 251 g/mol. The van der Waals surface area contributed by atoms with E-state index in [1.807, 2.05) is 11.3 Å². The second-order valence-electron chi connectivity index (χ2n) is 5.64. The fraction of sp³-hybridized carbons (Fsp3) is 0.733. The van der Waals surface area contributed by atoms with Crippen LogP contribution in [0.2, 0.25) is 0 Å². The molecule has 0 saturated heterocycles. The number of hydrogen-bond donors (Lipinski definition) is 1. The minimum atomic E-state index is 0.444. The van der Waals surface area contributed by atoms with Gasteiger partial charge < -0.3 is 5.32 Å². The highest BCUT2D eigenvalue weighted by Crippen LogP contribution is 2.59. The normalized spacial score (nSPS) is 36.8. The molecule has 1 aromatic heterocycles. The third kappa shape index (κ3) is 2.06. The van der Waals surface area contributed by atoms with Crippen LogP contribution in [0, 0.1) is 11.3 Å². The quantitative estimate of drug-likeness (QED) is 0.824. The first-order valence-corrected chi connectivity index (χ1v) is 7.79. The molecule has 4 atom stereocenters. The molecule has 0 bridgehead atoms. The van der Waals surface area contributed by atoms with Gasteiger partial charge in [-0.25, -0.2) is 0 Å². The first-order chi connectivity index (χ1) is 8.15. The molecule has 1 saturated carbocycles. The van der Waals surface area contributed by atoms with E-state index in [0.29, 0.717) is 11.5 Å². The Morgan fingerprint density at radius 1 is 1.41 bits per heavy atom. The van der Waals surface area contributed by atoms with Crippen molar-refractivity contribution in [3.8, 4) is 0 Å². The van der Waals surface area contributed by atoms with Gasteiger partial charge in [0.25, 0.3) is 0 Å². The van der Waals surface area contributed by atoms with E-state index in [1.165, 1.54) is 12.8 Å². The zero-order chi connectivity index (χ0) is 12.5. The lowest BCUT2D eigenvalue weighted by Crippen LogP contribution is -2.62. The van der Waals surface area contributed by atoms with Crippen molar-refractivity contribution in [2.24, 2.45) is 11.3 Å². The molecule has 2 heteroatoms. The Morgan fingerprint density at radius 3 is 2.71 bits per heavy atom. The van der Waals surface area contributed by atoms with Crippen molar-refractivity contribution in [1.29, 1.82) is 0 Å². The summed E-state index contributed by atoms with van der Waals surface area (Å²) in [6, 6.07) is 5.20. The number of rotatable bonds is 5. The Hall–Kier alpha value is -0.340. The predicted molar refractivity (Wildman–Crippen MR) is 76.7 cm³/mol. The Morgan fingerprint density at radius 2 is 2.18 bits per heavy atom. The lowest BCUT2D eigenvalue weighted by Gasteiger charge is -2.59.